The Morgan fingerprint density at radius 2 is 1.66 bits per heavy atom. The van der Waals surface area contributed by atoms with Gasteiger partial charge in [0.2, 0.25) is 5.91 Å². The van der Waals surface area contributed by atoms with Crippen molar-refractivity contribution < 1.29 is 4.79 Å². The molecule has 4 fully saturated rings. The van der Waals surface area contributed by atoms with Crippen LogP contribution in [0.4, 0.5) is 11.4 Å². The quantitative estimate of drug-likeness (QED) is 0.447. The van der Waals surface area contributed by atoms with E-state index in [4.69, 9.17) is 5.73 Å². The van der Waals surface area contributed by atoms with Gasteiger partial charge in [-0.3, -0.25) is 4.79 Å². The van der Waals surface area contributed by atoms with Gasteiger partial charge in [0.25, 0.3) is 0 Å². The van der Waals surface area contributed by atoms with Crippen LogP contribution in [0.25, 0.3) is 6.08 Å². The van der Waals surface area contributed by atoms with Gasteiger partial charge in [-0.15, -0.1) is 0 Å². The summed E-state index contributed by atoms with van der Waals surface area (Å²) < 4.78 is 0. The van der Waals surface area contributed by atoms with Crippen molar-refractivity contribution in [1.29, 1.82) is 0 Å². The predicted octanol–water partition coefficient (Wildman–Crippen LogP) is 5.57. The van der Waals surface area contributed by atoms with Crippen LogP contribution in [0.15, 0.2) is 54.6 Å². The number of nitrogens with zero attached hydrogens (tertiary/aromatic N) is 1. The molecule has 1 amide bonds. The van der Waals surface area contributed by atoms with Gasteiger partial charge in [0.05, 0.1) is 11.4 Å². The highest BCUT2D eigenvalue weighted by Crippen LogP contribution is 2.60. The summed E-state index contributed by atoms with van der Waals surface area (Å²) in [6.45, 7) is 2.22. The maximum absolute atomic E-state index is 12.2. The van der Waals surface area contributed by atoms with E-state index in [0.717, 1.165) is 29.9 Å². The van der Waals surface area contributed by atoms with Gasteiger partial charge in [-0.2, -0.15) is 0 Å². The average molecular weight is 430 g/mol. The molecule has 0 aromatic heterocycles. The van der Waals surface area contributed by atoms with E-state index in [2.05, 4.69) is 41.5 Å². The summed E-state index contributed by atoms with van der Waals surface area (Å²) in [6, 6.07) is 15.8. The number of nitrogens with one attached hydrogen (secondary N) is 1. The molecule has 0 aliphatic heterocycles. The Morgan fingerprint density at radius 3 is 2.28 bits per heavy atom. The molecule has 4 heteroatoms. The van der Waals surface area contributed by atoms with Crippen molar-refractivity contribution in [2.45, 2.75) is 45.1 Å². The molecule has 4 saturated carbocycles. The van der Waals surface area contributed by atoms with Crippen LogP contribution in [0.5, 0.6) is 0 Å². The van der Waals surface area contributed by atoms with Crippen molar-refractivity contribution in [3.8, 4) is 0 Å². The van der Waals surface area contributed by atoms with Crippen molar-refractivity contribution >= 4 is 23.4 Å². The molecule has 0 saturated heterocycles. The molecule has 0 unspecified atom stereocenters. The molecule has 0 spiro atoms. The minimum Gasteiger partial charge on any atom is -0.397 e. The van der Waals surface area contributed by atoms with E-state index < -0.39 is 0 Å². The van der Waals surface area contributed by atoms with Crippen molar-refractivity contribution in [2.75, 3.05) is 24.6 Å². The predicted molar refractivity (Wildman–Crippen MR) is 132 cm³/mol. The topological polar surface area (TPSA) is 58.4 Å². The molecule has 32 heavy (non-hydrogen) atoms. The monoisotopic (exact) mass is 429 g/mol. The second-order valence-electron chi connectivity index (χ2n) is 10.7. The second kappa shape index (κ2) is 8.74. The lowest BCUT2D eigenvalue weighted by molar-refractivity contribution is -0.111. The number of para-hydroxylation sites is 2. The number of nitrogen functional groups attached to an aromatic ring is 1. The lowest BCUT2D eigenvalue weighted by Gasteiger charge is -2.57. The number of carbonyl (C=O) groups excluding carboxylic acids is 1. The molecule has 2 aromatic rings. The molecule has 6 rings (SSSR count). The van der Waals surface area contributed by atoms with Crippen LogP contribution in [0.3, 0.4) is 0 Å². The number of benzene rings is 2. The highest BCUT2D eigenvalue weighted by molar-refractivity contribution is 6.03. The smallest absolute Gasteiger partial charge is 0.248 e. The Morgan fingerprint density at radius 1 is 1.03 bits per heavy atom. The number of anilines is 2. The SMILES string of the molecule is CN(Cc1ccc(C=CC(=O)Nc2ccccc2N)cc1)CC12CC3CC(CC(C3)C1)C2. The summed E-state index contributed by atoms with van der Waals surface area (Å²) >= 11 is 0. The van der Waals surface area contributed by atoms with Crippen molar-refractivity contribution in [1.82, 2.24) is 4.90 Å². The van der Waals surface area contributed by atoms with Gasteiger partial charge in [-0.05, 0) is 98.1 Å². The standard InChI is InChI=1S/C28H35N3O/c1-31(19-28-15-22-12-23(16-28)14-24(13-22)17-28)18-21-8-6-20(7-9-21)10-11-27(32)30-26-5-3-2-4-25(26)29/h2-11,22-24H,12-19,29H2,1H3,(H,30,32). The van der Waals surface area contributed by atoms with Crippen LogP contribution in [0.1, 0.15) is 49.7 Å². The van der Waals surface area contributed by atoms with Crippen LogP contribution < -0.4 is 11.1 Å². The lowest BCUT2D eigenvalue weighted by Crippen LogP contribution is -2.50. The zero-order valence-corrected chi connectivity index (χ0v) is 19.1. The minimum atomic E-state index is -0.178. The molecule has 0 heterocycles. The molecular formula is C28H35N3O. The molecule has 4 bridgehead atoms. The second-order valence-corrected chi connectivity index (χ2v) is 10.7. The molecule has 2 aromatic carbocycles. The molecule has 4 nitrogen and oxygen atoms in total. The van der Waals surface area contributed by atoms with Crippen LogP contribution in [-0.4, -0.2) is 24.4 Å². The third-order valence-electron chi connectivity index (χ3n) is 7.85. The van der Waals surface area contributed by atoms with Gasteiger partial charge >= 0.3 is 0 Å². The van der Waals surface area contributed by atoms with E-state index in [9.17, 15) is 4.79 Å². The lowest BCUT2D eigenvalue weighted by atomic mass is 9.49. The third-order valence-corrected chi connectivity index (χ3v) is 7.85. The first-order valence-corrected chi connectivity index (χ1v) is 12.1. The number of hydrogen-bond acceptors (Lipinski definition) is 3. The van der Waals surface area contributed by atoms with Crippen molar-refractivity contribution in [2.24, 2.45) is 23.2 Å². The zero-order valence-electron chi connectivity index (χ0n) is 19.1. The number of carbonyl (C=O) groups is 1. The van der Waals surface area contributed by atoms with E-state index in [0.29, 0.717) is 16.8 Å². The number of rotatable bonds is 7. The van der Waals surface area contributed by atoms with Gasteiger partial charge in [0, 0.05) is 19.2 Å². The Hall–Kier alpha value is -2.59. The van der Waals surface area contributed by atoms with E-state index in [1.807, 2.05) is 18.2 Å². The number of nitrogens with two attached hydrogens (primary N) is 1. The first-order valence-electron chi connectivity index (χ1n) is 12.1. The first-order chi connectivity index (χ1) is 15.5. The van der Waals surface area contributed by atoms with Crippen LogP contribution >= 0.6 is 0 Å². The normalized spacial score (nSPS) is 28.5. The average Bonchev–Trinajstić information content (AvgIpc) is 2.73. The third kappa shape index (κ3) is 4.75. The molecule has 0 radical (unpaired) electrons. The summed E-state index contributed by atoms with van der Waals surface area (Å²) in [7, 11) is 2.28. The fraction of sp³-hybridized carbons (Fsp3) is 0.464. The van der Waals surface area contributed by atoms with Crippen LogP contribution in [0.2, 0.25) is 0 Å². The van der Waals surface area contributed by atoms with Gasteiger partial charge < -0.3 is 16.0 Å². The number of amides is 1. The Labute approximate surface area is 191 Å². The molecule has 168 valence electrons. The molecule has 4 aliphatic carbocycles. The van der Waals surface area contributed by atoms with Gasteiger partial charge in [0.15, 0.2) is 0 Å². The molecule has 0 atom stereocenters. The highest BCUT2D eigenvalue weighted by Gasteiger charge is 2.50. The highest BCUT2D eigenvalue weighted by atomic mass is 16.1. The molecular weight excluding hydrogens is 394 g/mol. The van der Waals surface area contributed by atoms with E-state index in [1.165, 1.54) is 50.6 Å². The number of hydrogen-bond donors (Lipinski definition) is 2. The maximum atomic E-state index is 12.2. The van der Waals surface area contributed by atoms with E-state index in [-0.39, 0.29) is 5.91 Å². The minimum absolute atomic E-state index is 0.178. The van der Waals surface area contributed by atoms with E-state index in [1.54, 1.807) is 18.2 Å². The summed E-state index contributed by atoms with van der Waals surface area (Å²) in [4.78, 5) is 14.7. The Bertz CT molecular complexity index is 959. The van der Waals surface area contributed by atoms with Crippen LogP contribution in [0, 0.1) is 23.2 Å². The van der Waals surface area contributed by atoms with Gasteiger partial charge in [-0.1, -0.05) is 36.4 Å². The molecule has 4 aliphatic rings. The largest absolute Gasteiger partial charge is 0.397 e. The van der Waals surface area contributed by atoms with E-state index >= 15 is 0 Å². The maximum Gasteiger partial charge on any atom is 0.248 e. The summed E-state index contributed by atoms with van der Waals surface area (Å²) in [6.07, 6.45) is 12.3. The zero-order chi connectivity index (χ0) is 22.1. The van der Waals surface area contributed by atoms with Crippen molar-refractivity contribution in [3.05, 3.63) is 65.7 Å². The first kappa shape index (κ1) is 21.3. The van der Waals surface area contributed by atoms with Gasteiger partial charge in [-0.25, -0.2) is 0 Å². The van der Waals surface area contributed by atoms with Crippen molar-refractivity contribution in [3.63, 3.8) is 0 Å². The van der Waals surface area contributed by atoms with Crippen LogP contribution in [-0.2, 0) is 11.3 Å². The molecule has 3 N–H and O–H groups in total. The summed E-state index contributed by atoms with van der Waals surface area (Å²) in [5, 5.41) is 2.82. The summed E-state index contributed by atoms with van der Waals surface area (Å²) in [5.74, 6) is 2.85. The van der Waals surface area contributed by atoms with Gasteiger partial charge in [0.1, 0.15) is 0 Å². The summed E-state index contributed by atoms with van der Waals surface area (Å²) in [5.41, 5.74) is 10.0. The fourth-order valence-electron chi connectivity index (χ4n) is 7.12. The Balaban J connectivity index is 1.14. The fourth-order valence-corrected chi connectivity index (χ4v) is 7.12. The Kier molecular flexibility index (Phi) is 5.81.